The van der Waals surface area contributed by atoms with Crippen molar-refractivity contribution in [1.82, 2.24) is 9.80 Å². The number of likely N-dealkylation sites (N-methyl/N-ethyl adjacent to an activating group) is 1. The van der Waals surface area contributed by atoms with Crippen molar-refractivity contribution in [2.45, 2.75) is 39.3 Å². The van der Waals surface area contributed by atoms with Gasteiger partial charge in [-0.1, -0.05) is 0 Å². The third-order valence-electron chi connectivity index (χ3n) is 2.89. The molecule has 0 unspecified atom stereocenters. The lowest BCUT2D eigenvalue weighted by Crippen LogP contribution is -2.63. The van der Waals surface area contributed by atoms with Crippen molar-refractivity contribution in [1.29, 1.82) is 0 Å². The Hall–Kier alpha value is -0.570. The van der Waals surface area contributed by atoms with Gasteiger partial charge < -0.3 is 4.90 Å². The number of carbonyl (C=O) groups excluding carboxylic acids is 1. The quantitative estimate of drug-likeness (QED) is 0.605. The van der Waals surface area contributed by atoms with Crippen molar-refractivity contribution in [3.8, 4) is 0 Å². The van der Waals surface area contributed by atoms with Crippen LogP contribution in [0.4, 0.5) is 0 Å². The standard InChI is InChI=1S/C10H20N2O/c1-8(2)12-7-6-11(5)9(13)10(12,3)4/h8H,6-7H2,1-5H3. The molecule has 13 heavy (non-hydrogen) atoms. The third kappa shape index (κ3) is 1.70. The molecule has 0 aromatic rings. The lowest BCUT2D eigenvalue weighted by Gasteiger charge is -2.46. The Labute approximate surface area is 80.7 Å². The highest BCUT2D eigenvalue weighted by molar-refractivity contribution is 5.86. The van der Waals surface area contributed by atoms with Crippen LogP contribution in [0.15, 0.2) is 0 Å². The van der Waals surface area contributed by atoms with E-state index in [-0.39, 0.29) is 11.4 Å². The van der Waals surface area contributed by atoms with Gasteiger partial charge in [-0.3, -0.25) is 9.69 Å². The summed E-state index contributed by atoms with van der Waals surface area (Å²) in [6.45, 7) is 10.1. The zero-order valence-electron chi connectivity index (χ0n) is 9.29. The molecule has 0 saturated carbocycles. The van der Waals surface area contributed by atoms with Gasteiger partial charge in [0.15, 0.2) is 0 Å². The maximum absolute atomic E-state index is 11.8. The molecule has 1 aliphatic heterocycles. The predicted molar refractivity (Wildman–Crippen MR) is 53.6 cm³/mol. The van der Waals surface area contributed by atoms with E-state index in [1.165, 1.54) is 0 Å². The molecule has 0 N–H and O–H groups in total. The van der Waals surface area contributed by atoms with Crippen LogP contribution in [0.5, 0.6) is 0 Å². The van der Waals surface area contributed by atoms with Gasteiger partial charge in [0.1, 0.15) is 0 Å². The monoisotopic (exact) mass is 184 g/mol. The summed E-state index contributed by atoms with van der Waals surface area (Å²) >= 11 is 0. The van der Waals surface area contributed by atoms with E-state index in [1.807, 2.05) is 25.8 Å². The summed E-state index contributed by atoms with van der Waals surface area (Å²) < 4.78 is 0. The Morgan fingerprint density at radius 1 is 1.31 bits per heavy atom. The Kier molecular flexibility index (Phi) is 2.66. The minimum atomic E-state index is -0.332. The van der Waals surface area contributed by atoms with E-state index in [4.69, 9.17) is 0 Å². The second-order valence-electron chi connectivity index (χ2n) is 4.57. The summed E-state index contributed by atoms with van der Waals surface area (Å²) in [5, 5.41) is 0. The molecule has 0 aliphatic carbocycles. The first-order valence-corrected chi connectivity index (χ1v) is 4.89. The van der Waals surface area contributed by atoms with Crippen LogP contribution in [-0.4, -0.2) is 47.4 Å². The minimum Gasteiger partial charge on any atom is -0.343 e. The van der Waals surface area contributed by atoms with Crippen molar-refractivity contribution < 1.29 is 4.79 Å². The molecule has 1 amide bonds. The number of rotatable bonds is 1. The van der Waals surface area contributed by atoms with Gasteiger partial charge >= 0.3 is 0 Å². The number of nitrogens with zero attached hydrogens (tertiary/aromatic N) is 2. The first-order valence-electron chi connectivity index (χ1n) is 4.89. The maximum atomic E-state index is 11.8. The fourth-order valence-electron chi connectivity index (χ4n) is 2.13. The molecule has 0 atom stereocenters. The number of hydrogen-bond acceptors (Lipinski definition) is 2. The van der Waals surface area contributed by atoms with Gasteiger partial charge in [-0.25, -0.2) is 0 Å². The summed E-state index contributed by atoms with van der Waals surface area (Å²) in [7, 11) is 1.88. The second-order valence-corrected chi connectivity index (χ2v) is 4.57. The van der Waals surface area contributed by atoms with E-state index in [9.17, 15) is 4.79 Å². The summed E-state index contributed by atoms with van der Waals surface area (Å²) in [4.78, 5) is 15.9. The lowest BCUT2D eigenvalue weighted by molar-refractivity contribution is -0.148. The van der Waals surface area contributed by atoms with Gasteiger partial charge in [-0.05, 0) is 27.7 Å². The average Bonchev–Trinajstić information content (AvgIpc) is 1.99. The normalized spacial score (nSPS) is 24.2. The topological polar surface area (TPSA) is 23.6 Å². The van der Waals surface area contributed by atoms with Gasteiger partial charge in [0.05, 0.1) is 5.54 Å². The molecule has 1 aliphatic rings. The number of piperazine rings is 1. The smallest absolute Gasteiger partial charge is 0.242 e. The lowest BCUT2D eigenvalue weighted by atomic mass is 9.96. The third-order valence-corrected chi connectivity index (χ3v) is 2.89. The van der Waals surface area contributed by atoms with Crippen LogP contribution in [0.25, 0.3) is 0 Å². The maximum Gasteiger partial charge on any atom is 0.242 e. The van der Waals surface area contributed by atoms with E-state index < -0.39 is 0 Å². The Bertz CT molecular complexity index is 211. The molecule has 1 rings (SSSR count). The number of carbonyl (C=O) groups is 1. The molecular formula is C10H20N2O. The van der Waals surface area contributed by atoms with Gasteiger partial charge in [-0.15, -0.1) is 0 Å². The molecule has 0 bridgehead atoms. The molecular weight excluding hydrogens is 164 g/mol. The first kappa shape index (κ1) is 10.5. The summed E-state index contributed by atoms with van der Waals surface area (Å²) in [5.74, 6) is 0.229. The molecule has 0 spiro atoms. The molecule has 3 nitrogen and oxygen atoms in total. The molecule has 0 radical (unpaired) electrons. The van der Waals surface area contributed by atoms with Crippen LogP contribution in [0.3, 0.4) is 0 Å². The zero-order chi connectivity index (χ0) is 10.2. The highest BCUT2D eigenvalue weighted by Gasteiger charge is 2.41. The molecule has 3 heteroatoms. The molecule has 0 aromatic heterocycles. The van der Waals surface area contributed by atoms with Crippen LogP contribution in [-0.2, 0) is 4.79 Å². The largest absolute Gasteiger partial charge is 0.343 e. The fraction of sp³-hybridized carbons (Fsp3) is 0.900. The Morgan fingerprint density at radius 2 is 1.85 bits per heavy atom. The van der Waals surface area contributed by atoms with E-state index >= 15 is 0 Å². The zero-order valence-corrected chi connectivity index (χ0v) is 9.29. The Balaban J connectivity index is 2.86. The summed E-state index contributed by atoms with van der Waals surface area (Å²) in [5.41, 5.74) is -0.332. The predicted octanol–water partition coefficient (Wildman–Crippen LogP) is 0.947. The van der Waals surface area contributed by atoms with Crippen LogP contribution in [0.2, 0.25) is 0 Å². The van der Waals surface area contributed by atoms with E-state index in [2.05, 4.69) is 18.7 Å². The van der Waals surface area contributed by atoms with E-state index in [0.717, 1.165) is 13.1 Å². The van der Waals surface area contributed by atoms with E-state index in [1.54, 1.807) is 0 Å². The Morgan fingerprint density at radius 3 is 2.31 bits per heavy atom. The molecule has 1 heterocycles. The molecule has 1 fully saturated rings. The van der Waals surface area contributed by atoms with Crippen LogP contribution in [0.1, 0.15) is 27.7 Å². The van der Waals surface area contributed by atoms with Crippen molar-refractivity contribution in [2.75, 3.05) is 20.1 Å². The van der Waals surface area contributed by atoms with E-state index in [0.29, 0.717) is 6.04 Å². The molecule has 76 valence electrons. The van der Waals surface area contributed by atoms with Gasteiger partial charge in [0, 0.05) is 26.2 Å². The number of amides is 1. The fourth-order valence-corrected chi connectivity index (χ4v) is 2.13. The summed E-state index contributed by atoms with van der Waals surface area (Å²) in [6, 6.07) is 0.438. The SMILES string of the molecule is CC(C)N1CCN(C)C(=O)C1(C)C. The number of hydrogen-bond donors (Lipinski definition) is 0. The summed E-state index contributed by atoms with van der Waals surface area (Å²) in [6.07, 6.45) is 0. The van der Waals surface area contributed by atoms with Crippen LogP contribution in [0, 0.1) is 0 Å². The highest BCUT2D eigenvalue weighted by atomic mass is 16.2. The molecule has 1 saturated heterocycles. The molecule has 0 aromatic carbocycles. The van der Waals surface area contributed by atoms with Gasteiger partial charge in [0.25, 0.3) is 0 Å². The highest BCUT2D eigenvalue weighted by Crippen LogP contribution is 2.23. The minimum absolute atomic E-state index is 0.229. The van der Waals surface area contributed by atoms with Crippen molar-refractivity contribution >= 4 is 5.91 Å². The first-order chi connectivity index (χ1) is 5.87. The van der Waals surface area contributed by atoms with Crippen molar-refractivity contribution in [2.24, 2.45) is 0 Å². The van der Waals surface area contributed by atoms with Crippen molar-refractivity contribution in [3.05, 3.63) is 0 Å². The van der Waals surface area contributed by atoms with Crippen LogP contribution >= 0.6 is 0 Å². The average molecular weight is 184 g/mol. The van der Waals surface area contributed by atoms with Gasteiger partial charge in [0.2, 0.25) is 5.91 Å². The second kappa shape index (κ2) is 3.29. The van der Waals surface area contributed by atoms with Gasteiger partial charge in [-0.2, -0.15) is 0 Å². The van der Waals surface area contributed by atoms with Crippen LogP contribution < -0.4 is 0 Å². The van der Waals surface area contributed by atoms with Crippen molar-refractivity contribution in [3.63, 3.8) is 0 Å².